The Kier molecular flexibility index (Phi) is 10.1. The third-order valence-corrected chi connectivity index (χ3v) is 5.61. The largest absolute Gasteiger partial charge is 0.494 e. The van der Waals surface area contributed by atoms with Crippen LogP contribution in [0.25, 0.3) is 0 Å². The summed E-state index contributed by atoms with van der Waals surface area (Å²) in [6.45, 7) is 4.76. The molecule has 36 heavy (non-hydrogen) atoms. The number of aryl methyl sites for hydroxylation is 1. The summed E-state index contributed by atoms with van der Waals surface area (Å²) < 4.78 is 5.71. The van der Waals surface area contributed by atoms with Crippen molar-refractivity contribution in [1.82, 2.24) is 10.9 Å². The van der Waals surface area contributed by atoms with E-state index in [9.17, 15) is 14.4 Å². The van der Waals surface area contributed by atoms with Gasteiger partial charge in [0.05, 0.1) is 6.61 Å². The smallest absolute Gasteiger partial charge is 0.269 e. The highest BCUT2D eigenvalue weighted by Crippen LogP contribution is 2.14. The second-order valence-electron chi connectivity index (χ2n) is 8.60. The van der Waals surface area contributed by atoms with Crippen LogP contribution in [0.5, 0.6) is 5.75 Å². The zero-order valence-corrected chi connectivity index (χ0v) is 20.8. The van der Waals surface area contributed by atoms with E-state index in [0.717, 1.165) is 18.4 Å². The molecule has 7 nitrogen and oxygen atoms in total. The molecule has 3 rings (SSSR count). The molecule has 0 saturated carbocycles. The van der Waals surface area contributed by atoms with Gasteiger partial charge in [0.15, 0.2) is 0 Å². The molecule has 3 aromatic rings. The van der Waals surface area contributed by atoms with E-state index in [2.05, 4.69) is 23.1 Å². The Hall–Kier alpha value is -4.13. The van der Waals surface area contributed by atoms with Crippen LogP contribution in [0, 0.1) is 6.92 Å². The highest BCUT2D eigenvalue weighted by Gasteiger charge is 2.11. The number of benzene rings is 3. The molecule has 0 aliphatic rings. The summed E-state index contributed by atoms with van der Waals surface area (Å²) in [5.74, 6) is -0.424. The van der Waals surface area contributed by atoms with Crippen molar-refractivity contribution in [2.24, 2.45) is 0 Å². The molecule has 188 valence electrons. The van der Waals surface area contributed by atoms with Gasteiger partial charge >= 0.3 is 0 Å². The van der Waals surface area contributed by atoms with Crippen molar-refractivity contribution < 1.29 is 19.1 Å². The van der Waals surface area contributed by atoms with E-state index >= 15 is 0 Å². The highest BCUT2D eigenvalue weighted by atomic mass is 16.5. The average molecular weight is 488 g/mol. The quantitative estimate of drug-likeness (QED) is 0.240. The van der Waals surface area contributed by atoms with Crippen LogP contribution < -0.4 is 20.9 Å². The van der Waals surface area contributed by atoms with Gasteiger partial charge in [-0.1, -0.05) is 50.3 Å². The maximum absolute atomic E-state index is 12.4. The van der Waals surface area contributed by atoms with Gasteiger partial charge in [-0.15, -0.1) is 0 Å². The van der Waals surface area contributed by atoms with Gasteiger partial charge in [0.25, 0.3) is 17.7 Å². The molecule has 0 aromatic heterocycles. The Labute approximate surface area is 212 Å². The molecule has 3 N–H and O–H groups in total. The zero-order valence-electron chi connectivity index (χ0n) is 20.8. The fourth-order valence-corrected chi connectivity index (χ4v) is 3.55. The summed E-state index contributed by atoms with van der Waals surface area (Å²) in [6.07, 6.45) is 5.84. The number of unbranched alkanes of at least 4 members (excludes halogenated alkanes) is 4. The van der Waals surface area contributed by atoms with E-state index in [1.165, 1.54) is 19.3 Å². The van der Waals surface area contributed by atoms with Crippen molar-refractivity contribution in [3.8, 4) is 5.75 Å². The molecule has 3 aromatic carbocycles. The molecule has 0 aliphatic heterocycles. The number of nitrogens with one attached hydrogen (secondary N) is 3. The van der Waals surface area contributed by atoms with Crippen LogP contribution in [0.15, 0.2) is 72.8 Å². The van der Waals surface area contributed by atoms with Crippen LogP contribution in [0.4, 0.5) is 5.69 Å². The summed E-state index contributed by atoms with van der Waals surface area (Å²) in [4.78, 5) is 37.2. The number of anilines is 1. The van der Waals surface area contributed by atoms with Gasteiger partial charge in [-0.25, -0.2) is 0 Å². The lowest BCUT2D eigenvalue weighted by atomic mass is 10.1. The Bertz CT molecular complexity index is 1160. The van der Waals surface area contributed by atoms with Crippen molar-refractivity contribution in [3.05, 3.63) is 95.1 Å². The lowest BCUT2D eigenvalue weighted by Crippen LogP contribution is -2.41. The average Bonchev–Trinajstić information content (AvgIpc) is 2.90. The van der Waals surface area contributed by atoms with Crippen molar-refractivity contribution >= 4 is 23.4 Å². The fourth-order valence-electron chi connectivity index (χ4n) is 3.55. The molecular formula is C29H33N3O4. The second kappa shape index (κ2) is 13.7. The molecule has 0 heterocycles. The number of hydrogen-bond acceptors (Lipinski definition) is 4. The van der Waals surface area contributed by atoms with Gasteiger partial charge in [-0.05, 0) is 74.0 Å². The van der Waals surface area contributed by atoms with Gasteiger partial charge in [-0.2, -0.15) is 0 Å². The predicted octanol–water partition coefficient (Wildman–Crippen LogP) is 5.67. The number of carbonyl (C=O) groups excluding carboxylic acids is 3. The molecule has 0 bridgehead atoms. The van der Waals surface area contributed by atoms with Gasteiger partial charge in [0.2, 0.25) is 0 Å². The first-order chi connectivity index (χ1) is 17.5. The Balaban J connectivity index is 1.43. The number of hydrogen-bond donors (Lipinski definition) is 3. The molecule has 0 unspecified atom stereocenters. The molecular weight excluding hydrogens is 454 g/mol. The van der Waals surface area contributed by atoms with Crippen LogP contribution >= 0.6 is 0 Å². The summed E-state index contributed by atoms with van der Waals surface area (Å²) >= 11 is 0. The Morgan fingerprint density at radius 2 is 1.31 bits per heavy atom. The lowest BCUT2D eigenvalue weighted by Gasteiger charge is -2.10. The highest BCUT2D eigenvalue weighted by molar-refractivity contribution is 6.05. The van der Waals surface area contributed by atoms with E-state index in [4.69, 9.17) is 4.74 Å². The van der Waals surface area contributed by atoms with Gasteiger partial charge in [0, 0.05) is 22.4 Å². The number of amides is 3. The SMILES string of the molecule is CCCCCCCOc1ccc(C(=O)NNC(=O)c2ccc(NC(=O)c3cccc(C)c3)cc2)cc1. The molecule has 0 fully saturated rings. The Morgan fingerprint density at radius 1 is 0.694 bits per heavy atom. The normalized spacial score (nSPS) is 10.4. The van der Waals surface area contributed by atoms with Gasteiger partial charge < -0.3 is 10.1 Å². The first-order valence-electron chi connectivity index (χ1n) is 12.3. The van der Waals surface area contributed by atoms with Crippen molar-refractivity contribution in [1.29, 1.82) is 0 Å². The minimum absolute atomic E-state index is 0.230. The summed E-state index contributed by atoms with van der Waals surface area (Å²) in [5, 5.41) is 2.80. The van der Waals surface area contributed by atoms with Gasteiger partial charge in [0.1, 0.15) is 5.75 Å². The first kappa shape index (κ1) is 26.5. The van der Waals surface area contributed by atoms with Gasteiger partial charge in [-0.3, -0.25) is 25.2 Å². The summed E-state index contributed by atoms with van der Waals surface area (Å²) in [7, 11) is 0. The number of ether oxygens (including phenoxy) is 1. The molecule has 0 aliphatic carbocycles. The first-order valence-corrected chi connectivity index (χ1v) is 12.3. The molecule has 7 heteroatoms. The number of carbonyl (C=O) groups is 3. The molecule has 3 amide bonds. The molecule has 0 saturated heterocycles. The predicted molar refractivity (Wildman–Crippen MR) is 141 cm³/mol. The fraction of sp³-hybridized carbons (Fsp3) is 0.276. The van der Waals surface area contributed by atoms with E-state index in [1.807, 2.05) is 19.1 Å². The van der Waals surface area contributed by atoms with Crippen LogP contribution in [-0.4, -0.2) is 24.3 Å². The summed E-state index contributed by atoms with van der Waals surface area (Å²) in [5.41, 5.74) is 7.67. The van der Waals surface area contributed by atoms with Crippen molar-refractivity contribution in [2.75, 3.05) is 11.9 Å². The molecule has 0 atom stereocenters. The second-order valence-corrected chi connectivity index (χ2v) is 8.60. The monoisotopic (exact) mass is 487 g/mol. The third-order valence-electron chi connectivity index (χ3n) is 5.61. The van der Waals surface area contributed by atoms with Crippen LogP contribution in [0.1, 0.15) is 75.7 Å². The van der Waals surface area contributed by atoms with E-state index in [0.29, 0.717) is 34.7 Å². The minimum Gasteiger partial charge on any atom is -0.494 e. The standard InChI is InChI=1S/C29H33N3O4/c1-3-4-5-6-7-19-36-26-17-13-23(14-18-26)29(35)32-31-28(34)22-11-15-25(16-12-22)30-27(33)24-10-8-9-21(2)20-24/h8-18,20H,3-7,19H2,1-2H3,(H,30,33)(H,31,34)(H,32,35). The number of rotatable bonds is 11. The number of hydrazine groups is 1. The van der Waals surface area contributed by atoms with Crippen molar-refractivity contribution in [3.63, 3.8) is 0 Å². The lowest BCUT2D eigenvalue weighted by molar-refractivity contribution is 0.0846. The third kappa shape index (κ3) is 8.27. The maximum atomic E-state index is 12.4. The van der Waals surface area contributed by atoms with E-state index < -0.39 is 11.8 Å². The minimum atomic E-state index is -0.470. The van der Waals surface area contributed by atoms with Crippen LogP contribution in [0.3, 0.4) is 0 Å². The van der Waals surface area contributed by atoms with E-state index in [-0.39, 0.29) is 5.91 Å². The maximum Gasteiger partial charge on any atom is 0.269 e. The van der Waals surface area contributed by atoms with Crippen molar-refractivity contribution in [2.45, 2.75) is 46.0 Å². The van der Waals surface area contributed by atoms with Crippen LogP contribution in [0.2, 0.25) is 0 Å². The van der Waals surface area contributed by atoms with Crippen LogP contribution in [-0.2, 0) is 0 Å². The topological polar surface area (TPSA) is 96.5 Å². The zero-order chi connectivity index (χ0) is 25.8. The molecule has 0 radical (unpaired) electrons. The Morgan fingerprint density at radius 3 is 1.92 bits per heavy atom. The van der Waals surface area contributed by atoms with E-state index in [1.54, 1.807) is 60.7 Å². The summed E-state index contributed by atoms with van der Waals surface area (Å²) in [6, 6.07) is 20.5. The molecule has 0 spiro atoms.